The van der Waals surface area contributed by atoms with Crippen LogP contribution in [-0.2, 0) is 21.4 Å². The van der Waals surface area contributed by atoms with Crippen LogP contribution in [0.15, 0.2) is 71.6 Å². The first-order valence-corrected chi connectivity index (χ1v) is 11.5. The van der Waals surface area contributed by atoms with Gasteiger partial charge in [-0.1, -0.05) is 53.0 Å². The molecule has 0 bridgehead atoms. The van der Waals surface area contributed by atoms with Gasteiger partial charge >= 0.3 is 0 Å². The Labute approximate surface area is 194 Å². The molecule has 3 aromatic rings. The second-order valence-corrected chi connectivity index (χ2v) is 9.71. The van der Waals surface area contributed by atoms with Crippen molar-refractivity contribution >= 4 is 56.4 Å². The Kier molecular flexibility index (Phi) is 7.56. The zero-order valence-electron chi connectivity index (χ0n) is 15.9. The van der Waals surface area contributed by atoms with Crippen LogP contribution in [0.4, 0.5) is 10.1 Å². The molecule has 0 saturated heterocycles. The Bertz CT molecular complexity index is 1200. The molecule has 1 N–H and O–H groups in total. The van der Waals surface area contributed by atoms with E-state index in [0.717, 1.165) is 4.31 Å². The first-order chi connectivity index (χ1) is 14.7. The molecule has 1 amide bonds. The van der Waals surface area contributed by atoms with E-state index >= 15 is 0 Å². The molecule has 10 heteroatoms. The average Bonchev–Trinajstić information content (AvgIpc) is 2.72. The second kappa shape index (κ2) is 9.97. The average molecular weight is 502 g/mol. The number of carbonyl (C=O) groups is 1. The molecule has 0 saturated carbocycles. The number of hydrogen-bond donors (Lipinski definition) is 1. The van der Waals surface area contributed by atoms with E-state index < -0.39 is 28.3 Å². The molecule has 5 nitrogen and oxygen atoms in total. The number of rotatable bonds is 7. The molecule has 3 aromatic carbocycles. The molecule has 0 unspecified atom stereocenters. The summed E-state index contributed by atoms with van der Waals surface area (Å²) in [7, 11) is -4.15. The maximum Gasteiger partial charge on any atom is 0.243 e. The number of nitrogens with zero attached hydrogens (tertiary/aromatic N) is 1. The summed E-state index contributed by atoms with van der Waals surface area (Å²) in [6.07, 6.45) is 0. The van der Waals surface area contributed by atoms with Gasteiger partial charge in [0.15, 0.2) is 0 Å². The van der Waals surface area contributed by atoms with Crippen LogP contribution >= 0.6 is 34.8 Å². The minimum atomic E-state index is -4.15. The quantitative estimate of drug-likeness (QED) is 0.457. The number of amides is 1. The Morgan fingerprint density at radius 1 is 0.935 bits per heavy atom. The van der Waals surface area contributed by atoms with Gasteiger partial charge in [0.25, 0.3) is 0 Å². The third-order valence-electron chi connectivity index (χ3n) is 4.28. The number of sulfonamides is 1. The van der Waals surface area contributed by atoms with Gasteiger partial charge < -0.3 is 5.32 Å². The molecule has 0 aliphatic heterocycles. The van der Waals surface area contributed by atoms with Gasteiger partial charge in [-0.15, -0.1) is 0 Å². The number of halogens is 4. The van der Waals surface area contributed by atoms with Crippen molar-refractivity contribution in [1.29, 1.82) is 0 Å². The lowest BCUT2D eigenvalue weighted by Gasteiger charge is -2.22. The molecular formula is C21H16Cl3FN2O3S. The minimum absolute atomic E-state index is 0.0816. The van der Waals surface area contributed by atoms with Crippen LogP contribution in [0.25, 0.3) is 0 Å². The summed E-state index contributed by atoms with van der Waals surface area (Å²) in [5, 5.41) is 3.47. The lowest BCUT2D eigenvalue weighted by molar-refractivity contribution is -0.116. The number of hydrogen-bond acceptors (Lipinski definition) is 3. The fourth-order valence-corrected chi connectivity index (χ4v) is 4.58. The van der Waals surface area contributed by atoms with E-state index in [1.807, 2.05) is 0 Å². The van der Waals surface area contributed by atoms with Gasteiger partial charge in [-0.25, -0.2) is 12.8 Å². The number of nitrogens with one attached hydrogen (secondary N) is 1. The molecule has 0 aliphatic rings. The van der Waals surface area contributed by atoms with Gasteiger partial charge in [-0.2, -0.15) is 4.31 Å². The highest BCUT2D eigenvalue weighted by Crippen LogP contribution is 2.26. The molecule has 31 heavy (non-hydrogen) atoms. The lowest BCUT2D eigenvalue weighted by Crippen LogP contribution is -2.37. The maximum absolute atomic E-state index is 14.2. The summed E-state index contributed by atoms with van der Waals surface area (Å²) in [6.45, 7) is -0.934. The van der Waals surface area contributed by atoms with Crippen molar-refractivity contribution in [3.05, 3.63) is 93.2 Å². The van der Waals surface area contributed by atoms with E-state index in [0.29, 0.717) is 10.0 Å². The van der Waals surface area contributed by atoms with Crippen molar-refractivity contribution in [2.75, 3.05) is 11.9 Å². The van der Waals surface area contributed by atoms with E-state index in [2.05, 4.69) is 5.32 Å². The molecule has 0 radical (unpaired) electrons. The fourth-order valence-electron chi connectivity index (χ4n) is 2.74. The Balaban J connectivity index is 1.91. The van der Waals surface area contributed by atoms with Crippen molar-refractivity contribution in [3.8, 4) is 0 Å². The fraction of sp³-hybridized carbons (Fsp3) is 0.0952. The lowest BCUT2D eigenvalue weighted by atomic mass is 10.2. The van der Waals surface area contributed by atoms with Crippen molar-refractivity contribution in [1.82, 2.24) is 4.31 Å². The smallest absolute Gasteiger partial charge is 0.243 e. The van der Waals surface area contributed by atoms with Gasteiger partial charge in [0.05, 0.1) is 22.2 Å². The molecule has 0 aromatic heterocycles. The molecule has 162 valence electrons. The zero-order chi connectivity index (χ0) is 22.6. The molecule has 0 spiro atoms. The second-order valence-electron chi connectivity index (χ2n) is 6.49. The number of carbonyl (C=O) groups excluding carboxylic acids is 1. The van der Waals surface area contributed by atoms with Gasteiger partial charge in [-0.3, -0.25) is 4.79 Å². The summed E-state index contributed by atoms with van der Waals surface area (Å²) in [5.74, 6) is -1.25. The van der Waals surface area contributed by atoms with Crippen LogP contribution in [-0.4, -0.2) is 25.2 Å². The highest BCUT2D eigenvalue weighted by atomic mass is 35.5. The summed E-state index contributed by atoms with van der Waals surface area (Å²) in [5.41, 5.74) is 0.350. The SMILES string of the molecule is O=C(CN(Cc1ccccc1F)S(=O)(=O)c1ccc(Cl)cc1)Nc1cc(Cl)ccc1Cl. The highest BCUT2D eigenvalue weighted by molar-refractivity contribution is 7.89. The van der Waals surface area contributed by atoms with E-state index in [1.54, 1.807) is 12.1 Å². The monoisotopic (exact) mass is 500 g/mol. The first-order valence-electron chi connectivity index (χ1n) is 8.91. The van der Waals surface area contributed by atoms with Crippen molar-refractivity contribution in [3.63, 3.8) is 0 Å². The van der Waals surface area contributed by atoms with Crippen LogP contribution in [0.2, 0.25) is 15.1 Å². The normalized spacial score (nSPS) is 11.5. The topological polar surface area (TPSA) is 66.5 Å². The maximum atomic E-state index is 14.2. The molecule has 0 atom stereocenters. The Morgan fingerprint density at radius 2 is 1.58 bits per heavy atom. The van der Waals surface area contributed by atoms with Crippen LogP contribution in [0, 0.1) is 5.82 Å². The third kappa shape index (κ3) is 5.96. The molecule has 0 aliphatic carbocycles. The van der Waals surface area contributed by atoms with Crippen LogP contribution in [0.1, 0.15) is 5.56 Å². The summed E-state index contributed by atoms with van der Waals surface area (Å²) in [4.78, 5) is 12.6. The van der Waals surface area contributed by atoms with Crippen molar-refractivity contribution in [2.24, 2.45) is 0 Å². The Hall–Kier alpha value is -2.16. The van der Waals surface area contributed by atoms with Crippen LogP contribution < -0.4 is 5.32 Å². The summed E-state index contributed by atoms with van der Waals surface area (Å²) < 4.78 is 41.5. The van der Waals surface area contributed by atoms with Crippen molar-refractivity contribution in [2.45, 2.75) is 11.4 Å². The van der Waals surface area contributed by atoms with Crippen LogP contribution in [0.3, 0.4) is 0 Å². The van der Waals surface area contributed by atoms with Crippen molar-refractivity contribution < 1.29 is 17.6 Å². The van der Waals surface area contributed by atoms with E-state index in [4.69, 9.17) is 34.8 Å². The molecular weight excluding hydrogens is 486 g/mol. The first kappa shape index (κ1) is 23.5. The van der Waals surface area contributed by atoms with Gasteiger partial charge in [0, 0.05) is 22.2 Å². The number of benzene rings is 3. The summed E-state index contributed by atoms with van der Waals surface area (Å²) in [6, 6.07) is 15.7. The van der Waals surface area contributed by atoms with E-state index in [1.165, 1.54) is 54.6 Å². The molecule has 0 fully saturated rings. The van der Waals surface area contributed by atoms with Gasteiger partial charge in [0.2, 0.25) is 15.9 Å². The van der Waals surface area contributed by atoms with Crippen LogP contribution in [0.5, 0.6) is 0 Å². The standard InChI is InChI=1S/C21H16Cl3FN2O3S/c22-15-5-8-17(9-6-15)31(29,30)27(12-14-3-1-2-4-19(14)25)13-21(28)26-20-11-16(23)7-10-18(20)24/h1-11H,12-13H2,(H,26,28). The largest absolute Gasteiger partial charge is 0.324 e. The highest BCUT2D eigenvalue weighted by Gasteiger charge is 2.28. The van der Waals surface area contributed by atoms with Gasteiger partial charge in [-0.05, 0) is 48.5 Å². The molecule has 0 heterocycles. The molecule has 3 rings (SSSR count). The Morgan fingerprint density at radius 3 is 2.26 bits per heavy atom. The van der Waals surface area contributed by atoms with E-state index in [9.17, 15) is 17.6 Å². The number of anilines is 1. The van der Waals surface area contributed by atoms with Gasteiger partial charge in [0.1, 0.15) is 5.82 Å². The predicted molar refractivity (Wildman–Crippen MR) is 121 cm³/mol. The third-order valence-corrected chi connectivity index (χ3v) is 6.90. The predicted octanol–water partition coefficient (Wildman–Crippen LogP) is 5.62. The minimum Gasteiger partial charge on any atom is -0.324 e. The zero-order valence-corrected chi connectivity index (χ0v) is 18.9. The summed E-state index contributed by atoms with van der Waals surface area (Å²) >= 11 is 17.8. The van der Waals surface area contributed by atoms with E-state index in [-0.39, 0.29) is 27.7 Å².